The van der Waals surface area contributed by atoms with Gasteiger partial charge in [0.1, 0.15) is 0 Å². The Bertz CT molecular complexity index is 1020. The molecule has 0 bridgehead atoms. The molecule has 0 spiro atoms. The number of esters is 1. The van der Waals surface area contributed by atoms with Crippen molar-refractivity contribution in [2.45, 2.75) is 118 Å². The molecule has 0 heterocycles. The van der Waals surface area contributed by atoms with E-state index in [4.69, 9.17) is 4.74 Å². The topological polar surface area (TPSA) is 87.7 Å². The average Bonchev–Trinajstić information content (AvgIpc) is 2.92. The van der Waals surface area contributed by atoms with Gasteiger partial charge in [-0.3, -0.25) is 19.3 Å². The largest absolute Gasteiger partial charge is 0.468 e. The standard InChI is InChI=1S/C37H61N3O4/c1-23(2)27-14-18-36(7)16-10-12-25(5)32(36)34(27)38-29(41)20-40(22-31(43)44-9)21-30(42)39-35-28(24(3)4)15-19-37(8)17-11-13-26(6)33(35)37/h23-24,27-28,32-35H,5-6,10-22H2,1-4,7-9H3,(H,38,41)(H,39,42). The van der Waals surface area contributed by atoms with Crippen molar-refractivity contribution in [1.29, 1.82) is 0 Å². The lowest BCUT2D eigenvalue weighted by Crippen LogP contribution is -2.59. The lowest BCUT2D eigenvalue weighted by atomic mass is 9.53. The summed E-state index contributed by atoms with van der Waals surface area (Å²) >= 11 is 0. The number of nitrogens with zero attached hydrogens (tertiary/aromatic N) is 1. The Morgan fingerprint density at radius 2 is 1.18 bits per heavy atom. The van der Waals surface area contributed by atoms with Crippen LogP contribution in [0.15, 0.2) is 24.3 Å². The van der Waals surface area contributed by atoms with Gasteiger partial charge in [0.15, 0.2) is 0 Å². The Balaban J connectivity index is 1.49. The SMILES string of the molecule is C=C1CCCC2(C)CCC(C(C)C)C(NC(=O)CN(CC(=O)NC3C(C(C)C)CCC4(C)CCCC(=C)C34)CC(=O)OC)C12. The van der Waals surface area contributed by atoms with Gasteiger partial charge in [-0.25, -0.2) is 0 Å². The highest BCUT2D eigenvalue weighted by Crippen LogP contribution is 2.55. The smallest absolute Gasteiger partial charge is 0.319 e. The molecule has 8 unspecified atom stereocenters. The van der Waals surface area contributed by atoms with Crippen LogP contribution in [0.5, 0.6) is 0 Å². The van der Waals surface area contributed by atoms with Gasteiger partial charge in [0.05, 0.1) is 26.7 Å². The van der Waals surface area contributed by atoms with Crippen molar-refractivity contribution < 1.29 is 19.1 Å². The van der Waals surface area contributed by atoms with Crippen molar-refractivity contribution in [3.8, 4) is 0 Å². The zero-order valence-electron chi connectivity index (χ0n) is 28.8. The molecule has 7 nitrogen and oxygen atoms in total. The summed E-state index contributed by atoms with van der Waals surface area (Å²) in [6, 6.07) is 0.0127. The van der Waals surface area contributed by atoms with Crippen LogP contribution < -0.4 is 10.6 Å². The molecule has 0 saturated heterocycles. The van der Waals surface area contributed by atoms with Gasteiger partial charge >= 0.3 is 5.97 Å². The Kier molecular flexibility index (Phi) is 11.1. The predicted molar refractivity (Wildman–Crippen MR) is 177 cm³/mol. The molecule has 0 aliphatic heterocycles. The minimum absolute atomic E-state index is 0.00637. The second kappa shape index (κ2) is 14.1. The number of hydrogen-bond donors (Lipinski definition) is 2. The summed E-state index contributed by atoms with van der Waals surface area (Å²) < 4.78 is 4.97. The molecule has 0 aromatic heterocycles. The molecular weight excluding hydrogens is 550 g/mol. The van der Waals surface area contributed by atoms with Crippen LogP contribution in [-0.2, 0) is 19.1 Å². The second-order valence-corrected chi connectivity index (χ2v) is 16.1. The second-order valence-electron chi connectivity index (χ2n) is 16.1. The predicted octanol–water partition coefficient (Wildman–Crippen LogP) is 6.29. The normalized spacial score (nSPS) is 35.7. The first-order chi connectivity index (χ1) is 20.7. The van der Waals surface area contributed by atoms with Gasteiger partial charge in [0.25, 0.3) is 0 Å². The van der Waals surface area contributed by atoms with E-state index in [1.807, 2.05) is 0 Å². The maximum absolute atomic E-state index is 13.8. The molecule has 7 heteroatoms. The molecule has 4 aliphatic rings. The minimum Gasteiger partial charge on any atom is -0.468 e. The number of hydrogen-bond acceptors (Lipinski definition) is 5. The molecule has 4 fully saturated rings. The van der Waals surface area contributed by atoms with E-state index in [9.17, 15) is 14.4 Å². The van der Waals surface area contributed by atoms with E-state index in [0.717, 1.165) is 64.2 Å². The van der Waals surface area contributed by atoms with Crippen molar-refractivity contribution in [3.05, 3.63) is 24.3 Å². The number of ether oxygens (including phenoxy) is 1. The minimum atomic E-state index is -0.456. The molecule has 0 aromatic rings. The van der Waals surface area contributed by atoms with Gasteiger partial charge in [-0.1, -0.05) is 65.8 Å². The van der Waals surface area contributed by atoms with Crippen LogP contribution in [0.2, 0.25) is 0 Å². The van der Waals surface area contributed by atoms with Crippen molar-refractivity contribution >= 4 is 17.8 Å². The number of methoxy groups -OCH3 is 1. The maximum Gasteiger partial charge on any atom is 0.319 e. The first kappa shape index (κ1) is 34.7. The molecule has 248 valence electrons. The van der Waals surface area contributed by atoms with Gasteiger partial charge < -0.3 is 15.4 Å². The summed E-state index contributed by atoms with van der Waals surface area (Å²) in [5, 5.41) is 6.83. The third-order valence-electron chi connectivity index (χ3n) is 12.3. The fourth-order valence-corrected chi connectivity index (χ4v) is 9.99. The molecular formula is C37H61N3O4. The summed E-state index contributed by atoms with van der Waals surface area (Å²) in [6.45, 7) is 22.5. The van der Waals surface area contributed by atoms with E-state index in [1.54, 1.807) is 4.90 Å². The summed E-state index contributed by atoms with van der Waals surface area (Å²) in [4.78, 5) is 41.6. The zero-order valence-corrected chi connectivity index (χ0v) is 28.8. The molecule has 0 radical (unpaired) electrons. The van der Waals surface area contributed by atoms with Crippen LogP contribution in [-0.4, -0.2) is 61.5 Å². The highest BCUT2D eigenvalue weighted by atomic mass is 16.5. The van der Waals surface area contributed by atoms with Crippen LogP contribution in [0.4, 0.5) is 0 Å². The van der Waals surface area contributed by atoms with Crippen LogP contribution in [0.25, 0.3) is 0 Å². The summed E-state index contributed by atoms with van der Waals surface area (Å²) in [5.74, 6) is 1.33. The van der Waals surface area contributed by atoms with Crippen molar-refractivity contribution in [2.75, 3.05) is 26.7 Å². The number of nitrogens with one attached hydrogen (secondary N) is 2. The van der Waals surface area contributed by atoms with E-state index in [1.165, 1.54) is 18.3 Å². The maximum atomic E-state index is 13.8. The Labute approximate surface area is 267 Å². The monoisotopic (exact) mass is 611 g/mol. The van der Waals surface area contributed by atoms with Crippen molar-refractivity contribution in [2.24, 2.45) is 46.3 Å². The molecule has 4 saturated carbocycles. The molecule has 8 atom stereocenters. The fourth-order valence-electron chi connectivity index (χ4n) is 9.99. The van der Waals surface area contributed by atoms with E-state index in [0.29, 0.717) is 23.7 Å². The zero-order chi connectivity index (χ0) is 32.4. The third-order valence-corrected chi connectivity index (χ3v) is 12.3. The Hall–Kier alpha value is -2.15. The summed E-state index contributed by atoms with van der Waals surface area (Å²) in [7, 11) is 1.34. The fraction of sp³-hybridized carbons (Fsp3) is 0.811. The van der Waals surface area contributed by atoms with E-state index in [-0.39, 0.29) is 66.2 Å². The van der Waals surface area contributed by atoms with E-state index in [2.05, 4.69) is 65.3 Å². The molecule has 2 N–H and O–H groups in total. The molecule has 0 aromatic carbocycles. The number of amides is 2. The lowest BCUT2D eigenvalue weighted by Gasteiger charge is -2.54. The number of carbonyl (C=O) groups excluding carboxylic acids is 3. The van der Waals surface area contributed by atoms with Crippen molar-refractivity contribution in [1.82, 2.24) is 15.5 Å². The number of rotatable bonds is 10. The highest BCUT2D eigenvalue weighted by molar-refractivity contribution is 5.83. The van der Waals surface area contributed by atoms with Crippen LogP contribution in [0.1, 0.15) is 106 Å². The summed E-state index contributed by atoms with van der Waals surface area (Å²) in [5.41, 5.74) is 2.80. The van der Waals surface area contributed by atoms with Gasteiger partial charge in [-0.15, -0.1) is 0 Å². The van der Waals surface area contributed by atoms with Gasteiger partial charge in [0.2, 0.25) is 11.8 Å². The number of fused-ring (bicyclic) bond motifs is 2. The molecule has 4 aliphatic carbocycles. The van der Waals surface area contributed by atoms with Crippen LogP contribution in [0.3, 0.4) is 0 Å². The Morgan fingerprint density at radius 1 is 0.773 bits per heavy atom. The summed E-state index contributed by atoms with van der Waals surface area (Å²) in [6.07, 6.45) is 11.1. The first-order valence-corrected chi connectivity index (χ1v) is 17.4. The lowest BCUT2D eigenvalue weighted by molar-refractivity contribution is -0.142. The van der Waals surface area contributed by atoms with Gasteiger partial charge in [0, 0.05) is 23.9 Å². The third kappa shape index (κ3) is 7.45. The Morgan fingerprint density at radius 3 is 1.55 bits per heavy atom. The van der Waals surface area contributed by atoms with Gasteiger partial charge in [-0.05, 0) is 98.7 Å². The number of carbonyl (C=O) groups is 3. The van der Waals surface area contributed by atoms with Crippen molar-refractivity contribution in [3.63, 3.8) is 0 Å². The molecule has 2 amide bonds. The van der Waals surface area contributed by atoms with Gasteiger partial charge in [-0.2, -0.15) is 0 Å². The first-order valence-electron chi connectivity index (χ1n) is 17.4. The van der Waals surface area contributed by atoms with E-state index < -0.39 is 5.97 Å². The average molecular weight is 612 g/mol. The quantitative estimate of drug-likeness (QED) is 0.224. The van der Waals surface area contributed by atoms with Crippen LogP contribution >= 0.6 is 0 Å². The van der Waals surface area contributed by atoms with E-state index >= 15 is 0 Å². The highest BCUT2D eigenvalue weighted by Gasteiger charge is 2.51. The molecule has 44 heavy (non-hydrogen) atoms. The molecule has 4 rings (SSSR count). The van der Waals surface area contributed by atoms with Crippen LogP contribution in [0, 0.1) is 46.3 Å².